The molecule has 22 heavy (non-hydrogen) atoms. The van der Waals surface area contributed by atoms with Crippen LogP contribution in [0, 0.1) is 13.0 Å². The third-order valence-electron chi connectivity index (χ3n) is 4.01. The second kappa shape index (κ2) is 6.07. The summed E-state index contributed by atoms with van der Waals surface area (Å²) in [7, 11) is 4.12. The molecule has 0 amide bonds. The topological polar surface area (TPSA) is 3.24 Å². The van der Waals surface area contributed by atoms with Gasteiger partial charge in [-0.15, -0.1) is 0 Å². The third-order valence-corrected chi connectivity index (χ3v) is 4.01. The van der Waals surface area contributed by atoms with Gasteiger partial charge in [0.05, 0.1) is 0 Å². The maximum absolute atomic E-state index is 3.40. The first-order chi connectivity index (χ1) is 10.7. The predicted octanol–water partition coefficient (Wildman–Crippen LogP) is 5.20. The van der Waals surface area contributed by atoms with Crippen molar-refractivity contribution >= 4 is 5.69 Å². The maximum atomic E-state index is 3.40. The van der Waals surface area contributed by atoms with Crippen LogP contribution in [0.1, 0.15) is 5.56 Å². The van der Waals surface area contributed by atoms with Crippen LogP contribution in [0.5, 0.6) is 0 Å². The highest BCUT2D eigenvalue weighted by atomic mass is 15.1. The van der Waals surface area contributed by atoms with Crippen molar-refractivity contribution in [3.8, 4) is 22.3 Å². The largest absolute Gasteiger partial charge is 0.378 e. The average Bonchev–Trinajstić information content (AvgIpc) is 2.56. The first-order valence-corrected chi connectivity index (χ1v) is 7.51. The number of nitrogens with zero attached hydrogens (tertiary/aromatic N) is 1. The molecule has 0 saturated carbocycles. The highest BCUT2D eigenvalue weighted by molar-refractivity contribution is 5.78. The Hall–Kier alpha value is -2.54. The highest BCUT2D eigenvalue weighted by Gasteiger charge is 2.08. The summed E-state index contributed by atoms with van der Waals surface area (Å²) in [6.07, 6.45) is 0. The number of hydrogen-bond donors (Lipinski definition) is 0. The van der Waals surface area contributed by atoms with Crippen LogP contribution < -0.4 is 4.90 Å². The highest BCUT2D eigenvalue weighted by Crippen LogP contribution is 2.31. The molecule has 109 valence electrons. The van der Waals surface area contributed by atoms with E-state index in [0.29, 0.717) is 0 Å². The smallest absolute Gasteiger partial charge is 0.0361 e. The van der Waals surface area contributed by atoms with Gasteiger partial charge in [-0.3, -0.25) is 0 Å². The summed E-state index contributed by atoms with van der Waals surface area (Å²) in [6, 6.07) is 26.7. The molecule has 0 aliphatic carbocycles. The fourth-order valence-electron chi connectivity index (χ4n) is 2.73. The van der Waals surface area contributed by atoms with Gasteiger partial charge in [0.1, 0.15) is 0 Å². The Bertz CT molecular complexity index is 756. The molecule has 0 heterocycles. The standard InChI is InChI=1S/C21H20N/c1-16-20(17-8-5-4-6-9-17)10-7-11-21(16)18-12-14-19(15-13-18)22(2)3/h4-10,12-15H,1-3H3. The maximum Gasteiger partial charge on any atom is 0.0361 e. The molecule has 0 saturated heterocycles. The molecule has 0 atom stereocenters. The minimum atomic E-state index is 1.17. The van der Waals surface area contributed by atoms with Crippen molar-refractivity contribution in [2.75, 3.05) is 19.0 Å². The van der Waals surface area contributed by atoms with Gasteiger partial charge in [0.15, 0.2) is 0 Å². The van der Waals surface area contributed by atoms with Crippen LogP contribution in [-0.4, -0.2) is 14.1 Å². The Labute approximate surface area is 132 Å². The average molecular weight is 286 g/mol. The molecular weight excluding hydrogens is 266 g/mol. The molecule has 3 aromatic carbocycles. The van der Waals surface area contributed by atoms with E-state index in [9.17, 15) is 0 Å². The molecule has 0 aliphatic heterocycles. The van der Waals surface area contributed by atoms with Gasteiger partial charge in [-0.2, -0.15) is 0 Å². The van der Waals surface area contributed by atoms with E-state index >= 15 is 0 Å². The first-order valence-electron chi connectivity index (χ1n) is 7.51. The quantitative estimate of drug-likeness (QED) is 0.640. The van der Waals surface area contributed by atoms with Crippen molar-refractivity contribution in [2.45, 2.75) is 6.92 Å². The summed E-state index contributed by atoms with van der Waals surface area (Å²) in [6.45, 7) is 2.17. The zero-order chi connectivity index (χ0) is 15.5. The van der Waals surface area contributed by atoms with Gasteiger partial charge < -0.3 is 4.90 Å². The Morgan fingerprint density at radius 3 is 2.09 bits per heavy atom. The molecule has 0 aromatic heterocycles. The number of anilines is 1. The van der Waals surface area contributed by atoms with E-state index in [1.165, 1.54) is 33.5 Å². The van der Waals surface area contributed by atoms with Crippen molar-refractivity contribution < 1.29 is 0 Å². The van der Waals surface area contributed by atoms with E-state index in [-0.39, 0.29) is 0 Å². The van der Waals surface area contributed by atoms with Crippen LogP contribution in [0.4, 0.5) is 5.69 Å². The molecule has 3 rings (SSSR count). The molecule has 1 nitrogen and oxygen atoms in total. The normalized spacial score (nSPS) is 10.5. The summed E-state index contributed by atoms with van der Waals surface area (Å²) in [5.41, 5.74) is 7.38. The van der Waals surface area contributed by atoms with Crippen LogP contribution in [0.3, 0.4) is 0 Å². The van der Waals surface area contributed by atoms with Crippen molar-refractivity contribution in [2.24, 2.45) is 0 Å². The molecule has 0 aliphatic rings. The minimum Gasteiger partial charge on any atom is -0.378 e. The summed E-state index contributed by atoms with van der Waals surface area (Å²) in [4.78, 5) is 2.11. The van der Waals surface area contributed by atoms with E-state index < -0.39 is 0 Å². The molecule has 3 aromatic rings. The summed E-state index contributed by atoms with van der Waals surface area (Å²) in [5.74, 6) is 0. The Balaban J connectivity index is 2.05. The van der Waals surface area contributed by atoms with E-state index in [2.05, 4.69) is 92.6 Å². The second-order valence-electron chi connectivity index (χ2n) is 5.70. The van der Waals surface area contributed by atoms with Crippen molar-refractivity contribution in [3.63, 3.8) is 0 Å². The van der Waals surface area contributed by atoms with Gasteiger partial charge in [-0.25, -0.2) is 0 Å². The summed E-state index contributed by atoms with van der Waals surface area (Å²) in [5, 5.41) is 0. The lowest BCUT2D eigenvalue weighted by Gasteiger charge is -2.15. The first kappa shape index (κ1) is 14.4. The van der Waals surface area contributed by atoms with Crippen molar-refractivity contribution in [3.05, 3.63) is 78.4 Å². The van der Waals surface area contributed by atoms with E-state index in [4.69, 9.17) is 0 Å². The molecule has 0 spiro atoms. The van der Waals surface area contributed by atoms with E-state index in [1.807, 2.05) is 6.07 Å². The van der Waals surface area contributed by atoms with Gasteiger partial charge in [0, 0.05) is 19.8 Å². The van der Waals surface area contributed by atoms with Crippen LogP contribution in [0.25, 0.3) is 22.3 Å². The van der Waals surface area contributed by atoms with E-state index in [1.54, 1.807) is 0 Å². The van der Waals surface area contributed by atoms with E-state index in [0.717, 1.165) is 0 Å². The molecule has 1 heteroatoms. The van der Waals surface area contributed by atoms with Gasteiger partial charge in [-0.05, 0) is 52.9 Å². The van der Waals surface area contributed by atoms with Crippen LogP contribution in [0.15, 0.2) is 66.7 Å². The lowest BCUT2D eigenvalue weighted by atomic mass is 9.93. The fraction of sp³-hybridized carbons (Fsp3) is 0.143. The van der Waals surface area contributed by atoms with Gasteiger partial charge in [-0.1, -0.05) is 54.6 Å². The van der Waals surface area contributed by atoms with Crippen LogP contribution in [0.2, 0.25) is 0 Å². The SMILES string of the molecule is Cc1c(-c2ccc(N(C)C)cc2)[c]ccc1-c1ccccc1. The molecule has 1 radical (unpaired) electrons. The van der Waals surface area contributed by atoms with Crippen molar-refractivity contribution in [1.82, 2.24) is 0 Å². The fourth-order valence-corrected chi connectivity index (χ4v) is 2.73. The molecule has 0 bridgehead atoms. The second-order valence-corrected chi connectivity index (χ2v) is 5.70. The monoisotopic (exact) mass is 286 g/mol. The summed E-state index contributed by atoms with van der Waals surface area (Å²) >= 11 is 0. The van der Waals surface area contributed by atoms with Gasteiger partial charge in [0.25, 0.3) is 0 Å². The number of hydrogen-bond acceptors (Lipinski definition) is 1. The lowest BCUT2D eigenvalue weighted by molar-refractivity contribution is 1.13. The Morgan fingerprint density at radius 1 is 0.773 bits per heavy atom. The molecule has 0 unspecified atom stereocenters. The number of benzene rings is 3. The Kier molecular flexibility index (Phi) is 3.97. The minimum absolute atomic E-state index is 1.17. The third kappa shape index (κ3) is 2.75. The van der Waals surface area contributed by atoms with Crippen LogP contribution >= 0.6 is 0 Å². The zero-order valence-corrected chi connectivity index (χ0v) is 13.3. The molecular formula is C21H20N. The van der Waals surface area contributed by atoms with Crippen LogP contribution in [-0.2, 0) is 0 Å². The van der Waals surface area contributed by atoms with Crippen molar-refractivity contribution in [1.29, 1.82) is 0 Å². The summed E-state index contributed by atoms with van der Waals surface area (Å²) < 4.78 is 0. The predicted molar refractivity (Wildman–Crippen MR) is 95.2 cm³/mol. The molecule has 0 N–H and O–H groups in total. The Morgan fingerprint density at radius 2 is 1.45 bits per heavy atom. The number of rotatable bonds is 3. The zero-order valence-electron chi connectivity index (χ0n) is 13.3. The lowest BCUT2D eigenvalue weighted by Crippen LogP contribution is -2.07. The molecule has 0 fully saturated rings. The van der Waals surface area contributed by atoms with Gasteiger partial charge >= 0.3 is 0 Å². The van der Waals surface area contributed by atoms with Gasteiger partial charge in [0.2, 0.25) is 0 Å².